The minimum absolute atomic E-state index is 0.00938. The lowest BCUT2D eigenvalue weighted by molar-refractivity contribution is 0.323. The Hall–Kier alpha value is -5.80. The van der Waals surface area contributed by atoms with Crippen molar-refractivity contribution in [1.82, 2.24) is 0 Å². The molecule has 2 aliphatic heterocycles. The predicted octanol–water partition coefficient (Wildman–Crippen LogP) is 10.9. The van der Waals surface area contributed by atoms with Gasteiger partial charge in [0.2, 0.25) is 0 Å². The number of ether oxygens (including phenoxy) is 1. The molecule has 3 atom stereocenters. The number of fused-ring (bicyclic) bond motifs is 9. The molecule has 1 spiro atoms. The molecule has 48 heavy (non-hydrogen) atoms. The standard InChI is InChI=1S/C45H34N2O/c1-29-23-28-38-43(48-41-22-12-9-19-37(41)45(38)35-17-7-5-15-33(35)34-16-6-8-18-36(34)45)42(29)30-24-26-31(27-25-30)44-46-39-20-10-11-21-40(39)47(44)32-13-3-2-4-14-32/h2-29,42,44,46H,1H3. The van der Waals surface area contributed by atoms with E-state index in [1.54, 1.807) is 0 Å². The molecule has 2 aliphatic carbocycles. The topological polar surface area (TPSA) is 24.5 Å². The number of benzene rings is 6. The Kier molecular flexibility index (Phi) is 5.89. The molecule has 0 radical (unpaired) electrons. The van der Waals surface area contributed by atoms with Gasteiger partial charge in [0.1, 0.15) is 17.7 Å². The van der Waals surface area contributed by atoms with Gasteiger partial charge in [-0.25, -0.2) is 0 Å². The van der Waals surface area contributed by atoms with E-state index in [1.165, 1.54) is 55.9 Å². The molecule has 3 unspecified atom stereocenters. The molecule has 6 aromatic rings. The molecule has 1 N–H and O–H groups in total. The van der Waals surface area contributed by atoms with Gasteiger partial charge in [0.15, 0.2) is 0 Å². The van der Waals surface area contributed by atoms with Crippen LogP contribution in [-0.4, -0.2) is 0 Å². The van der Waals surface area contributed by atoms with Crippen molar-refractivity contribution in [3.05, 3.63) is 203 Å². The lowest BCUT2D eigenvalue weighted by atomic mass is 9.62. The van der Waals surface area contributed by atoms with Crippen molar-refractivity contribution >= 4 is 17.1 Å². The van der Waals surface area contributed by atoms with Gasteiger partial charge >= 0.3 is 0 Å². The van der Waals surface area contributed by atoms with E-state index >= 15 is 0 Å². The Labute approximate surface area is 281 Å². The number of nitrogens with zero attached hydrogens (tertiary/aromatic N) is 1. The van der Waals surface area contributed by atoms with Gasteiger partial charge in [0.05, 0.1) is 16.8 Å². The first-order valence-electron chi connectivity index (χ1n) is 16.9. The molecule has 0 bridgehead atoms. The fourth-order valence-electron chi connectivity index (χ4n) is 8.83. The molecule has 3 heteroatoms. The third kappa shape index (κ3) is 3.70. The van der Waals surface area contributed by atoms with Crippen molar-refractivity contribution in [3.8, 4) is 16.9 Å². The zero-order valence-electron chi connectivity index (χ0n) is 26.7. The predicted molar refractivity (Wildman–Crippen MR) is 195 cm³/mol. The van der Waals surface area contributed by atoms with Crippen molar-refractivity contribution in [2.75, 3.05) is 10.2 Å². The van der Waals surface area contributed by atoms with Crippen LogP contribution in [0.15, 0.2) is 175 Å². The quantitative estimate of drug-likeness (QED) is 0.214. The van der Waals surface area contributed by atoms with Crippen LogP contribution in [0, 0.1) is 5.92 Å². The highest BCUT2D eigenvalue weighted by atomic mass is 16.5. The van der Waals surface area contributed by atoms with Gasteiger partial charge in [-0.3, -0.25) is 0 Å². The average molecular weight is 619 g/mol. The lowest BCUT2D eigenvalue weighted by Crippen LogP contribution is -2.37. The third-order valence-corrected chi connectivity index (χ3v) is 10.9. The number of nitrogens with one attached hydrogen (secondary N) is 1. The van der Waals surface area contributed by atoms with Crippen LogP contribution in [0.2, 0.25) is 0 Å². The molecular weight excluding hydrogens is 585 g/mol. The summed E-state index contributed by atoms with van der Waals surface area (Å²) >= 11 is 0. The molecule has 4 aliphatic rings. The summed E-state index contributed by atoms with van der Waals surface area (Å²) in [6.45, 7) is 2.32. The van der Waals surface area contributed by atoms with Crippen LogP contribution in [0.3, 0.4) is 0 Å². The molecule has 6 aromatic carbocycles. The smallest absolute Gasteiger partial charge is 0.131 e. The third-order valence-electron chi connectivity index (χ3n) is 10.9. The Balaban J connectivity index is 1.11. The number of rotatable bonds is 3. The second kappa shape index (κ2) is 10.4. The Morgan fingerprint density at radius 1 is 0.604 bits per heavy atom. The normalized spacial score (nSPS) is 20.7. The number of hydrogen-bond donors (Lipinski definition) is 1. The molecular formula is C45H34N2O. The molecule has 2 heterocycles. The van der Waals surface area contributed by atoms with E-state index in [-0.39, 0.29) is 18.0 Å². The van der Waals surface area contributed by atoms with Gasteiger partial charge in [-0.05, 0) is 69.6 Å². The van der Waals surface area contributed by atoms with Crippen molar-refractivity contribution in [3.63, 3.8) is 0 Å². The Morgan fingerprint density at radius 2 is 1.21 bits per heavy atom. The average Bonchev–Trinajstić information content (AvgIpc) is 3.67. The van der Waals surface area contributed by atoms with Crippen molar-refractivity contribution in [1.29, 1.82) is 0 Å². The molecule has 0 saturated carbocycles. The van der Waals surface area contributed by atoms with Crippen LogP contribution in [0.25, 0.3) is 11.1 Å². The first kappa shape index (κ1) is 27.3. The summed E-state index contributed by atoms with van der Waals surface area (Å²) in [5, 5.41) is 3.80. The summed E-state index contributed by atoms with van der Waals surface area (Å²) in [5.74, 6) is 2.33. The largest absolute Gasteiger partial charge is 0.460 e. The Morgan fingerprint density at radius 3 is 1.96 bits per heavy atom. The van der Waals surface area contributed by atoms with E-state index in [1.807, 2.05) is 0 Å². The van der Waals surface area contributed by atoms with E-state index in [2.05, 4.69) is 181 Å². The monoisotopic (exact) mass is 618 g/mol. The van der Waals surface area contributed by atoms with Crippen LogP contribution in [-0.2, 0) is 5.41 Å². The minimum atomic E-state index is -0.443. The number of anilines is 3. The summed E-state index contributed by atoms with van der Waals surface area (Å²) < 4.78 is 7.05. The molecule has 0 saturated heterocycles. The zero-order valence-corrected chi connectivity index (χ0v) is 26.7. The van der Waals surface area contributed by atoms with E-state index in [4.69, 9.17) is 4.74 Å². The SMILES string of the molecule is CC1C=CC2=C(Oc3ccccc3C23c2ccccc2-c2ccccc23)C1c1ccc(C2Nc3ccccc3N2c2ccccc2)cc1. The van der Waals surface area contributed by atoms with E-state index < -0.39 is 5.41 Å². The Bertz CT molecular complexity index is 2240. The zero-order chi connectivity index (χ0) is 31.8. The second-order valence-corrected chi connectivity index (χ2v) is 13.3. The maximum absolute atomic E-state index is 7.05. The molecule has 230 valence electrons. The van der Waals surface area contributed by atoms with Gasteiger partial charge in [0.25, 0.3) is 0 Å². The van der Waals surface area contributed by atoms with Crippen molar-refractivity contribution < 1.29 is 4.74 Å². The highest BCUT2D eigenvalue weighted by molar-refractivity contribution is 5.88. The molecule has 10 rings (SSSR count). The summed E-state index contributed by atoms with van der Waals surface area (Å²) in [7, 11) is 0. The van der Waals surface area contributed by atoms with E-state index in [0.717, 1.165) is 17.2 Å². The van der Waals surface area contributed by atoms with Gasteiger partial charge in [0, 0.05) is 22.7 Å². The number of hydrogen-bond acceptors (Lipinski definition) is 3. The first-order valence-corrected chi connectivity index (χ1v) is 16.9. The maximum atomic E-state index is 7.05. The molecule has 0 amide bonds. The van der Waals surface area contributed by atoms with Gasteiger partial charge in [-0.15, -0.1) is 0 Å². The molecule has 3 nitrogen and oxygen atoms in total. The van der Waals surface area contributed by atoms with Crippen LogP contribution >= 0.6 is 0 Å². The fraction of sp³-hybridized carbons (Fsp3) is 0.111. The van der Waals surface area contributed by atoms with E-state index in [0.29, 0.717) is 0 Å². The lowest BCUT2D eigenvalue weighted by Gasteiger charge is -2.44. The first-order chi connectivity index (χ1) is 23.7. The number of allylic oxidation sites excluding steroid dienone is 4. The summed E-state index contributed by atoms with van der Waals surface area (Å²) in [6.07, 6.45) is 4.74. The van der Waals surface area contributed by atoms with E-state index in [9.17, 15) is 0 Å². The number of para-hydroxylation sites is 4. The maximum Gasteiger partial charge on any atom is 0.131 e. The minimum Gasteiger partial charge on any atom is -0.460 e. The summed E-state index contributed by atoms with van der Waals surface area (Å²) in [4.78, 5) is 2.40. The highest BCUT2D eigenvalue weighted by Gasteiger charge is 2.53. The molecule has 0 fully saturated rings. The second-order valence-electron chi connectivity index (χ2n) is 13.3. The van der Waals surface area contributed by atoms with Gasteiger partial charge < -0.3 is 15.0 Å². The highest BCUT2D eigenvalue weighted by Crippen LogP contribution is 2.62. The fourth-order valence-corrected chi connectivity index (χ4v) is 8.83. The van der Waals surface area contributed by atoms with Crippen LogP contribution in [0.1, 0.15) is 46.8 Å². The van der Waals surface area contributed by atoms with Crippen LogP contribution in [0.5, 0.6) is 5.75 Å². The van der Waals surface area contributed by atoms with Crippen LogP contribution < -0.4 is 15.0 Å². The summed E-state index contributed by atoms with van der Waals surface area (Å²) in [6, 6.07) is 55.0. The van der Waals surface area contributed by atoms with Crippen molar-refractivity contribution in [2.45, 2.75) is 24.4 Å². The van der Waals surface area contributed by atoms with Gasteiger partial charge in [-0.1, -0.05) is 140 Å². The molecule has 0 aromatic heterocycles. The van der Waals surface area contributed by atoms with Crippen LogP contribution in [0.4, 0.5) is 17.1 Å². The van der Waals surface area contributed by atoms with Gasteiger partial charge in [-0.2, -0.15) is 0 Å². The summed E-state index contributed by atoms with van der Waals surface area (Å²) in [5.41, 5.74) is 13.3. The van der Waals surface area contributed by atoms with Crippen molar-refractivity contribution in [2.24, 2.45) is 5.92 Å².